The fraction of sp³-hybridized carbons (Fsp3) is 0.414. The number of fused-ring (bicyclic) bond motifs is 2. The predicted molar refractivity (Wildman–Crippen MR) is 140 cm³/mol. The number of hydrogen-bond donors (Lipinski definition) is 1. The van der Waals surface area contributed by atoms with Crippen LogP contribution in [0.2, 0.25) is 5.02 Å². The van der Waals surface area contributed by atoms with Gasteiger partial charge in [-0.1, -0.05) is 41.9 Å². The molecule has 2 aromatic carbocycles. The van der Waals surface area contributed by atoms with Crippen LogP contribution in [0.25, 0.3) is 0 Å². The van der Waals surface area contributed by atoms with Crippen LogP contribution in [0, 0.1) is 0 Å². The Labute approximate surface area is 211 Å². The maximum absolute atomic E-state index is 12.6. The number of benzene rings is 2. The van der Waals surface area contributed by atoms with E-state index < -0.39 is 0 Å². The number of piperidine rings is 1. The Morgan fingerprint density at radius 1 is 1.09 bits per heavy atom. The van der Waals surface area contributed by atoms with Gasteiger partial charge in [-0.3, -0.25) is 4.79 Å². The summed E-state index contributed by atoms with van der Waals surface area (Å²) in [4.78, 5) is 24.1. The molecule has 2 fully saturated rings. The van der Waals surface area contributed by atoms with Gasteiger partial charge in [-0.15, -0.1) is 0 Å². The third-order valence-electron chi connectivity index (χ3n) is 8.16. The van der Waals surface area contributed by atoms with Gasteiger partial charge in [0.25, 0.3) is 0 Å². The van der Waals surface area contributed by atoms with Crippen LogP contribution in [0.4, 0.5) is 11.6 Å². The molecular weight excluding hydrogens is 456 g/mol. The van der Waals surface area contributed by atoms with Crippen molar-refractivity contribution in [3.8, 4) is 0 Å². The van der Waals surface area contributed by atoms with Gasteiger partial charge in [0.1, 0.15) is 5.78 Å². The van der Waals surface area contributed by atoms with Crippen molar-refractivity contribution in [3.63, 3.8) is 0 Å². The van der Waals surface area contributed by atoms with Gasteiger partial charge in [0, 0.05) is 12.1 Å². The number of ketones is 1. The van der Waals surface area contributed by atoms with Gasteiger partial charge >= 0.3 is 0 Å². The minimum Gasteiger partial charge on any atom is -0.324 e. The number of aryl methyl sites for hydroxylation is 2. The predicted octanol–water partition coefficient (Wildman–Crippen LogP) is 5.62. The number of rotatable bonds is 6. The summed E-state index contributed by atoms with van der Waals surface area (Å²) in [6.07, 6.45) is 8.22. The summed E-state index contributed by atoms with van der Waals surface area (Å²) in [5.41, 5.74) is 6.79. The lowest BCUT2D eigenvalue weighted by Gasteiger charge is -2.29. The molecule has 1 aliphatic heterocycles. The second-order valence-electron chi connectivity index (χ2n) is 10.4. The standard InChI is InChI=1S/C29H31ClN4O/c1-34-15-11-20(12-16-34)19-5-8-23(9-6-19)32-28-31-18-24(30)25(33-28)10-7-21-3-2-4-22-17-26(35)29(13-14-29)27(21)22/h2-6,8-9,18,20H,7,10-17H2,1H3,(H,31,32,33). The average Bonchev–Trinajstić information content (AvgIpc) is 3.62. The number of nitrogens with one attached hydrogen (secondary N) is 1. The lowest BCUT2D eigenvalue weighted by molar-refractivity contribution is -0.119. The molecule has 1 aromatic heterocycles. The van der Waals surface area contributed by atoms with E-state index in [1.165, 1.54) is 35.1 Å². The maximum Gasteiger partial charge on any atom is 0.227 e. The second kappa shape index (κ2) is 9.03. The van der Waals surface area contributed by atoms with Crippen molar-refractivity contribution in [2.75, 3.05) is 25.5 Å². The number of halogens is 1. The summed E-state index contributed by atoms with van der Waals surface area (Å²) < 4.78 is 0. The molecule has 0 amide bonds. The molecule has 2 heterocycles. The number of Topliss-reactive ketones (excluding diaryl/α,β-unsaturated/α-hetero) is 1. The molecule has 1 N–H and O–H groups in total. The summed E-state index contributed by atoms with van der Waals surface area (Å²) in [7, 11) is 2.19. The Hall–Kier alpha value is -2.76. The number of carbonyl (C=O) groups excluding carboxylic acids is 1. The van der Waals surface area contributed by atoms with Crippen LogP contribution in [-0.2, 0) is 29.5 Å². The zero-order valence-electron chi connectivity index (χ0n) is 20.2. The van der Waals surface area contributed by atoms with Crippen molar-refractivity contribution in [1.82, 2.24) is 14.9 Å². The largest absolute Gasteiger partial charge is 0.324 e. The van der Waals surface area contributed by atoms with Gasteiger partial charge in [-0.05, 0) is 99.0 Å². The molecule has 0 radical (unpaired) electrons. The molecule has 1 saturated carbocycles. The van der Waals surface area contributed by atoms with Crippen molar-refractivity contribution < 1.29 is 4.79 Å². The fourth-order valence-corrected chi connectivity index (χ4v) is 6.15. The van der Waals surface area contributed by atoms with E-state index in [9.17, 15) is 4.79 Å². The number of anilines is 2. The number of likely N-dealkylation sites (tertiary alicyclic amines) is 1. The van der Waals surface area contributed by atoms with E-state index in [4.69, 9.17) is 16.6 Å². The Morgan fingerprint density at radius 2 is 1.86 bits per heavy atom. The molecule has 1 saturated heterocycles. The van der Waals surface area contributed by atoms with E-state index >= 15 is 0 Å². The number of carbonyl (C=O) groups is 1. The van der Waals surface area contributed by atoms with Crippen molar-refractivity contribution in [2.24, 2.45) is 0 Å². The average molecular weight is 487 g/mol. The smallest absolute Gasteiger partial charge is 0.227 e. The summed E-state index contributed by atoms with van der Waals surface area (Å²) in [5, 5.41) is 3.93. The lowest BCUT2D eigenvalue weighted by atomic mass is 9.89. The molecule has 3 aliphatic rings. The zero-order chi connectivity index (χ0) is 24.0. The number of aromatic nitrogens is 2. The Kier molecular flexibility index (Phi) is 5.85. The van der Waals surface area contributed by atoms with Crippen LogP contribution in [0.3, 0.4) is 0 Å². The summed E-state index contributed by atoms with van der Waals surface area (Å²) in [5.74, 6) is 1.60. The van der Waals surface area contributed by atoms with Gasteiger partial charge in [0.2, 0.25) is 5.95 Å². The van der Waals surface area contributed by atoms with Crippen molar-refractivity contribution >= 4 is 29.0 Å². The molecule has 0 bridgehead atoms. The van der Waals surface area contributed by atoms with Crippen LogP contribution < -0.4 is 5.32 Å². The fourth-order valence-electron chi connectivity index (χ4n) is 5.96. The molecule has 0 unspecified atom stereocenters. The maximum atomic E-state index is 12.6. The van der Waals surface area contributed by atoms with Gasteiger partial charge < -0.3 is 10.2 Å². The quantitative estimate of drug-likeness (QED) is 0.489. The highest BCUT2D eigenvalue weighted by atomic mass is 35.5. The molecule has 35 heavy (non-hydrogen) atoms. The third-order valence-corrected chi connectivity index (χ3v) is 8.47. The minimum absolute atomic E-state index is 0.187. The molecule has 1 spiro atoms. The Bertz CT molecular complexity index is 1260. The molecule has 5 nitrogen and oxygen atoms in total. The molecule has 180 valence electrons. The summed E-state index contributed by atoms with van der Waals surface area (Å²) in [6.45, 7) is 2.32. The SMILES string of the molecule is CN1CCC(c2ccc(Nc3ncc(Cl)c(CCc4cccc5c4C4(CC4)C(=O)C5)n3)cc2)CC1. The highest BCUT2D eigenvalue weighted by Crippen LogP contribution is 2.55. The minimum atomic E-state index is -0.187. The first-order chi connectivity index (χ1) is 17.0. The van der Waals surface area contributed by atoms with E-state index in [2.05, 4.69) is 64.7 Å². The first kappa shape index (κ1) is 22.7. The topological polar surface area (TPSA) is 58.1 Å². The monoisotopic (exact) mass is 486 g/mol. The van der Waals surface area contributed by atoms with E-state index in [0.29, 0.717) is 35.5 Å². The van der Waals surface area contributed by atoms with Gasteiger partial charge in [-0.25, -0.2) is 9.97 Å². The molecule has 6 heteroatoms. The van der Waals surface area contributed by atoms with E-state index in [-0.39, 0.29) is 5.41 Å². The Balaban J connectivity index is 1.14. The summed E-state index contributed by atoms with van der Waals surface area (Å²) >= 11 is 6.48. The van der Waals surface area contributed by atoms with Crippen molar-refractivity contribution in [1.29, 1.82) is 0 Å². The first-order valence-electron chi connectivity index (χ1n) is 12.7. The van der Waals surface area contributed by atoms with Crippen molar-refractivity contribution in [2.45, 2.75) is 56.3 Å². The van der Waals surface area contributed by atoms with Crippen LogP contribution in [0.15, 0.2) is 48.7 Å². The van der Waals surface area contributed by atoms with E-state index in [1.807, 2.05) is 0 Å². The number of hydrogen-bond acceptors (Lipinski definition) is 5. The van der Waals surface area contributed by atoms with Crippen LogP contribution in [0.1, 0.15) is 59.5 Å². The van der Waals surface area contributed by atoms with Gasteiger partial charge in [0.15, 0.2) is 0 Å². The lowest BCUT2D eigenvalue weighted by Crippen LogP contribution is -2.29. The highest BCUT2D eigenvalue weighted by Gasteiger charge is 2.56. The molecule has 2 aliphatic carbocycles. The summed E-state index contributed by atoms with van der Waals surface area (Å²) in [6, 6.07) is 15.0. The van der Waals surface area contributed by atoms with Crippen LogP contribution in [-0.4, -0.2) is 40.8 Å². The normalized spacial score (nSPS) is 19.2. The highest BCUT2D eigenvalue weighted by molar-refractivity contribution is 6.31. The molecule has 6 rings (SSSR count). The second-order valence-corrected chi connectivity index (χ2v) is 10.9. The van der Waals surface area contributed by atoms with E-state index in [0.717, 1.165) is 43.7 Å². The zero-order valence-corrected chi connectivity index (χ0v) is 20.9. The van der Waals surface area contributed by atoms with Crippen LogP contribution in [0.5, 0.6) is 0 Å². The Morgan fingerprint density at radius 3 is 2.60 bits per heavy atom. The van der Waals surface area contributed by atoms with E-state index in [1.54, 1.807) is 6.20 Å². The first-order valence-corrected chi connectivity index (χ1v) is 13.1. The van der Waals surface area contributed by atoms with Gasteiger partial charge in [0.05, 0.1) is 22.3 Å². The molecule has 0 atom stereocenters. The molecular formula is C29H31ClN4O. The van der Waals surface area contributed by atoms with Crippen LogP contribution >= 0.6 is 11.6 Å². The van der Waals surface area contributed by atoms with Crippen molar-refractivity contribution in [3.05, 3.63) is 81.6 Å². The third kappa shape index (κ3) is 4.36. The van der Waals surface area contributed by atoms with Gasteiger partial charge in [-0.2, -0.15) is 0 Å². The molecule has 3 aromatic rings. The number of nitrogens with zero attached hydrogens (tertiary/aromatic N) is 3.